The molecule has 0 bridgehead atoms. The molecule has 2 heteroatoms. The van der Waals surface area contributed by atoms with E-state index in [4.69, 9.17) is 4.74 Å². The Hall–Kier alpha value is -2.35. The highest BCUT2D eigenvalue weighted by Gasteiger charge is 2.25. The second-order valence-electron chi connectivity index (χ2n) is 5.15. The molecule has 0 fully saturated rings. The molecule has 2 aromatic carbocycles. The smallest absolute Gasteiger partial charge is 0.196 e. The third kappa shape index (κ3) is 2.25. The number of hydrogen-bond acceptors (Lipinski definition) is 2. The van der Waals surface area contributed by atoms with Gasteiger partial charge >= 0.3 is 0 Å². The van der Waals surface area contributed by atoms with Crippen molar-refractivity contribution >= 4 is 11.9 Å². The van der Waals surface area contributed by atoms with Gasteiger partial charge in [-0.2, -0.15) is 0 Å². The second kappa shape index (κ2) is 4.97. The van der Waals surface area contributed by atoms with Crippen molar-refractivity contribution in [2.75, 3.05) is 6.61 Å². The van der Waals surface area contributed by atoms with Crippen molar-refractivity contribution in [3.05, 3.63) is 70.3 Å². The molecule has 0 atom stereocenters. The zero-order valence-electron chi connectivity index (χ0n) is 11.6. The van der Waals surface area contributed by atoms with Crippen molar-refractivity contribution in [3.8, 4) is 5.75 Å². The average molecular weight is 264 g/mol. The van der Waals surface area contributed by atoms with Crippen molar-refractivity contribution in [2.45, 2.75) is 13.8 Å². The van der Waals surface area contributed by atoms with E-state index in [9.17, 15) is 4.79 Å². The van der Waals surface area contributed by atoms with Gasteiger partial charge in [-0.3, -0.25) is 4.79 Å². The van der Waals surface area contributed by atoms with Crippen LogP contribution in [-0.4, -0.2) is 12.4 Å². The van der Waals surface area contributed by atoms with Gasteiger partial charge in [0.25, 0.3) is 0 Å². The number of ether oxygens (including phenoxy) is 1. The van der Waals surface area contributed by atoms with Crippen LogP contribution in [0.5, 0.6) is 5.75 Å². The first-order chi connectivity index (χ1) is 9.65. The van der Waals surface area contributed by atoms with E-state index in [2.05, 4.69) is 0 Å². The summed E-state index contributed by atoms with van der Waals surface area (Å²) in [5.74, 6) is 0.783. The molecule has 3 rings (SSSR count). The number of ketones is 1. The minimum atomic E-state index is 0.0765. The molecule has 0 saturated heterocycles. The number of Topliss-reactive ketones (excluding diaryl/α,β-unsaturated/α-hetero) is 1. The van der Waals surface area contributed by atoms with Gasteiger partial charge in [0.15, 0.2) is 5.78 Å². The maximum Gasteiger partial charge on any atom is 0.196 e. The first-order valence-corrected chi connectivity index (χ1v) is 6.69. The van der Waals surface area contributed by atoms with Crippen LogP contribution in [0.3, 0.4) is 0 Å². The minimum absolute atomic E-state index is 0.0765. The number of rotatable bonds is 1. The largest absolute Gasteiger partial charge is 0.488 e. The minimum Gasteiger partial charge on any atom is -0.488 e. The monoisotopic (exact) mass is 264 g/mol. The summed E-state index contributed by atoms with van der Waals surface area (Å²) in [7, 11) is 0. The SMILES string of the molecule is Cc1cc(C)c2c(c1)OC/C(=C\c1ccccc1)C2=O. The van der Waals surface area contributed by atoms with Gasteiger partial charge in [-0.15, -0.1) is 0 Å². The van der Waals surface area contributed by atoms with Crippen LogP contribution in [0.4, 0.5) is 0 Å². The van der Waals surface area contributed by atoms with Gasteiger partial charge in [-0.05, 0) is 42.7 Å². The van der Waals surface area contributed by atoms with E-state index in [1.807, 2.05) is 62.4 Å². The van der Waals surface area contributed by atoms with E-state index in [1.165, 1.54) is 0 Å². The number of fused-ring (bicyclic) bond motifs is 1. The molecule has 0 radical (unpaired) electrons. The Labute approximate surface area is 118 Å². The first kappa shape index (κ1) is 12.7. The maximum atomic E-state index is 12.6. The number of aryl methyl sites for hydroxylation is 2. The van der Waals surface area contributed by atoms with Crippen LogP contribution in [-0.2, 0) is 0 Å². The predicted octanol–water partition coefficient (Wildman–Crippen LogP) is 3.96. The van der Waals surface area contributed by atoms with E-state index in [0.717, 1.165) is 16.7 Å². The van der Waals surface area contributed by atoms with E-state index in [1.54, 1.807) is 0 Å². The summed E-state index contributed by atoms with van der Waals surface area (Å²) in [5.41, 5.74) is 4.51. The molecule has 0 N–H and O–H groups in total. The van der Waals surface area contributed by atoms with Crippen LogP contribution in [0.25, 0.3) is 6.08 Å². The topological polar surface area (TPSA) is 26.3 Å². The predicted molar refractivity (Wildman–Crippen MR) is 80.2 cm³/mol. The Kier molecular flexibility index (Phi) is 3.15. The molecule has 100 valence electrons. The molecular formula is C18H16O2. The highest BCUT2D eigenvalue weighted by molar-refractivity contribution is 6.14. The third-order valence-corrected chi connectivity index (χ3v) is 3.49. The van der Waals surface area contributed by atoms with Crippen LogP contribution in [0, 0.1) is 13.8 Å². The highest BCUT2D eigenvalue weighted by Crippen LogP contribution is 2.31. The maximum absolute atomic E-state index is 12.6. The lowest BCUT2D eigenvalue weighted by Crippen LogP contribution is -2.20. The van der Waals surface area contributed by atoms with Gasteiger partial charge in [-0.25, -0.2) is 0 Å². The van der Waals surface area contributed by atoms with Gasteiger partial charge in [0.05, 0.1) is 5.56 Å². The van der Waals surface area contributed by atoms with E-state index in [0.29, 0.717) is 23.5 Å². The van der Waals surface area contributed by atoms with E-state index in [-0.39, 0.29) is 5.78 Å². The summed E-state index contributed by atoms with van der Waals surface area (Å²) in [4.78, 5) is 12.6. The Morgan fingerprint density at radius 1 is 1.10 bits per heavy atom. The van der Waals surface area contributed by atoms with E-state index >= 15 is 0 Å². The third-order valence-electron chi connectivity index (χ3n) is 3.49. The fourth-order valence-electron chi connectivity index (χ4n) is 2.57. The van der Waals surface area contributed by atoms with Gasteiger partial charge in [0.2, 0.25) is 0 Å². The molecule has 0 unspecified atom stereocenters. The Morgan fingerprint density at radius 3 is 2.60 bits per heavy atom. The molecule has 0 saturated carbocycles. The molecule has 0 spiro atoms. The summed E-state index contributed by atoms with van der Waals surface area (Å²) in [5, 5.41) is 0. The Morgan fingerprint density at radius 2 is 1.85 bits per heavy atom. The van der Waals surface area contributed by atoms with Crippen molar-refractivity contribution in [3.63, 3.8) is 0 Å². The summed E-state index contributed by atoms with van der Waals surface area (Å²) < 4.78 is 5.75. The summed E-state index contributed by atoms with van der Waals surface area (Å²) in [6, 6.07) is 13.8. The highest BCUT2D eigenvalue weighted by atomic mass is 16.5. The standard InChI is InChI=1S/C18H16O2/c1-12-8-13(2)17-16(9-12)20-11-15(18(17)19)10-14-6-4-3-5-7-14/h3-10H,11H2,1-2H3/b15-10+. The van der Waals surface area contributed by atoms with Crippen LogP contribution in [0.1, 0.15) is 27.0 Å². The zero-order chi connectivity index (χ0) is 14.1. The molecule has 1 aliphatic rings. The van der Waals surface area contributed by atoms with Crippen molar-refractivity contribution < 1.29 is 9.53 Å². The van der Waals surface area contributed by atoms with Crippen molar-refractivity contribution in [1.29, 1.82) is 0 Å². The molecular weight excluding hydrogens is 248 g/mol. The molecule has 1 aliphatic heterocycles. The van der Waals surface area contributed by atoms with Gasteiger partial charge in [-0.1, -0.05) is 36.4 Å². The molecule has 0 amide bonds. The summed E-state index contributed by atoms with van der Waals surface area (Å²) in [6.45, 7) is 4.30. The quantitative estimate of drug-likeness (QED) is 0.729. The summed E-state index contributed by atoms with van der Waals surface area (Å²) >= 11 is 0. The lowest BCUT2D eigenvalue weighted by molar-refractivity contribution is 0.1000. The number of hydrogen-bond donors (Lipinski definition) is 0. The van der Waals surface area contributed by atoms with Crippen LogP contribution < -0.4 is 4.74 Å². The lowest BCUT2D eigenvalue weighted by atomic mass is 9.93. The molecule has 20 heavy (non-hydrogen) atoms. The van der Waals surface area contributed by atoms with Gasteiger partial charge < -0.3 is 4.74 Å². The normalized spacial score (nSPS) is 15.9. The zero-order valence-corrected chi connectivity index (χ0v) is 11.6. The number of carbonyl (C=O) groups is 1. The first-order valence-electron chi connectivity index (χ1n) is 6.69. The van der Waals surface area contributed by atoms with Crippen LogP contribution in [0.15, 0.2) is 48.0 Å². The van der Waals surface area contributed by atoms with Crippen molar-refractivity contribution in [2.24, 2.45) is 0 Å². The van der Waals surface area contributed by atoms with Crippen molar-refractivity contribution in [1.82, 2.24) is 0 Å². The number of benzene rings is 2. The second-order valence-corrected chi connectivity index (χ2v) is 5.15. The average Bonchev–Trinajstić information content (AvgIpc) is 2.42. The molecule has 1 heterocycles. The van der Waals surface area contributed by atoms with Gasteiger partial charge in [0, 0.05) is 5.57 Å². The molecule has 0 aliphatic carbocycles. The molecule has 0 aromatic heterocycles. The van der Waals surface area contributed by atoms with Crippen LogP contribution >= 0.6 is 0 Å². The van der Waals surface area contributed by atoms with Gasteiger partial charge in [0.1, 0.15) is 12.4 Å². The number of carbonyl (C=O) groups excluding carboxylic acids is 1. The Balaban J connectivity index is 2.04. The van der Waals surface area contributed by atoms with E-state index < -0.39 is 0 Å². The molecule has 2 aromatic rings. The van der Waals surface area contributed by atoms with Crippen LogP contribution in [0.2, 0.25) is 0 Å². The Bertz CT molecular complexity index is 697. The fourth-order valence-corrected chi connectivity index (χ4v) is 2.57. The lowest BCUT2D eigenvalue weighted by Gasteiger charge is -2.21. The fraction of sp³-hybridized carbons (Fsp3) is 0.167. The summed E-state index contributed by atoms with van der Waals surface area (Å²) in [6.07, 6.45) is 1.91. The molecule has 2 nitrogen and oxygen atoms in total.